The number of carbonyl (C=O) groups is 1. The van der Waals surface area contributed by atoms with Crippen LogP contribution in [0.2, 0.25) is 0 Å². The molecule has 5 heteroatoms. The van der Waals surface area contributed by atoms with Gasteiger partial charge in [0, 0.05) is 40.9 Å². The topological polar surface area (TPSA) is 57.8 Å². The predicted octanol–water partition coefficient (Wildman–Crippen LogP) is 4.84. The third-order valence-electron chi connectivity index (χ3n) is 5.58. The Bertz CT molecular complexity index is 862. The summed E-state index contributed by atoms with van der Waals surface area (Å²) >= 11 is 1.58. The van der Waals surface area contributed by atoms with Gasteiger partial charge in [-0.2, -0.15) is 0 Å². The van der Waals surface area contributed by atoms with Gasteiger partial charge in [-0.1, -0.05) is 25.1 Å². The summed E-state index contributed by atoms with van der Waals surface area (Å²) < 4.78 is 0. The van der Waals surface area contributed by atoms with E-state index in [2.05, 4.69) is 39.7 Å². The van der Waals surface area contributed by atoms with Gasteiger partial charge in [0.2, 0.25) is 5.91 Å². The molecule has 1 aliphatic carbocycles. The van der Waals surface area contributed by atoms with Crippen molar-refractivity contribution in [2.75, 3.05) is 0 Å². The molecular formula is C21H25N3OS. The van der Waals surface area contributed by atoms with Crippen LogP contribution >= 0.6 is 11.3 Å². The number of aromatic nitrogens is 2. The first kappa shape index (κ1) is 17.3. The Morgan fingerprint density at radius 3 is 2.88 bits per heavy atom. The van der Waals surface area contributed by atoms with E-state index >= 15 is 0 Å². The molecule has 1 amide bonds. The smallest absolute Gasteiger partial charge is 0.221 e. The molecule has 136 valence electrons. The van der Waals surface area contributed by atoms with Crippen LogP contribution in [0.5, 0.6) is 0 Å². The standard InChI is InChI=1S/C21H25N3OS/c1-14-6-8-15(9-7-14)24-21(25)10-17(20-12-26-13-23-20)18-11-22-19-5-3-2-4-16(18)19/h2-5,11-15,17,22H,6-10H2,1H3,(H,24,25). The van der Waals surface area contributed by atoms with Crippen molar-refractivity contribution in [3.63, 3.8) is 0 Å². The highest BCUT2D eigenvalue weighted by molar-refractivity contribution is 7.07. The summed E-state index contributed by atoms with van der Waals surface area (Å²) in [6, 6.07) is 8.58. The Labute approximate surface area is 158 Å². The highest BCUT2D eigenvalue weighted by Gasteiger charge is 2.25. The largest absolute Gasteiger partial charge is 0.361 e. The van der Waals surface area contributed by atoms with E-state index in [4.69, 9.17) is 0 Å². The van der Waals surface area contributed by atoms with Crippen LogP contribution in [0.4, 0.5) is 0 Å². The molecule has 3 aromatic rings. The Morgan fingerprint density at radius 2 is 2.12 bits per heavy atom. The van der Waals surface area contributed by atoms with Crippen LogP contribution in [0.15, 0.2) is 41.4 Å². The second kappa shape index (κ2) is 7.62. The van der Waals surface area contributed by atoms with E-state index in [-0.39, 0.29) is 11.8 Å². The van der Waals surface area contributed by atoms with Gasteiger partial charge in [-0.25, -0.2) is 4.98 Å². The molecule has 2 heterocycles. The zero-order valence-electron chi connectivity index (χ0n) is 15.1. The molecule has 1 unspecified atom stereocenters. The molecule has 0 saturated heterocycles. The number of thiazole rings is 1. The van der Waals surface area contributed by atoms with Crippen molar-refractivity contribution in [1.29, 1.82) is 0 Å². The normalized spacial score (nSPS) is 21.6. The Kier molecular flexibility index (Phi) is 5.07. The van der Waals surface area contributed by atoms with Gasteiger partial charge >= 0.3 is 0 Å². The zero-order valence-corrected chi connectivity index (χ0v) is 15.9. The third-order valence-corrected chi connectivity index (χ3v) is 6.18. The maximum Gasteiger partial charge on any atom is 0.221 e. The number of fused-ring (bicyclic) bond motifs is 1. The fraction of sp³-hybridized carbons (Fsp3) is 0.429. The Balaban J connectivity index is 1.54. The molecule has 0 spiro atoms. The number of hydrogen-bond acceptors (Lipinski definition) is 3. The van der Waals surface area contributed by atoms with Crippen molar-refractivity contribution >= 4 is 28.1 Å². The van der Waals surface area contributed by atoms with Gasteiger partial charge in [0.15, 0.2) is 0 Å². The van der Waals surface area contributed by atoms with Crippen LogP contribution in [0.25, 0.3) is 10.9 Å². The van der Waals surface area contributed by atoms with Crippen molar-refractivity contribution < 1.29 is 4.79 Å². The van der Waals surface area contributed by atoms with Gasteiger partial charge in [-0.15, -0.1) is 11.3 Å². The molecule has 0 radical (unpaired) electrons. The number of H-pyrrole nitrogens is 1. The minimum absolute atomic E-state index is 0.0140. The van der Waals surface area contributed by atoms with E-state index in [0.29, 0.717) is 12.5 Å². The number of para-hydroxylation sites is 1. The number of nitrogens with one attached hydrogen (secondary N) is 2. The quantitative estimate of drug-likeness (QED) is 0.678. The van der Waals surface area contributed by atoms with E-state index in [0.717, 1.165) is 35.5 Å². The molecule has 1 aromatic carbocycles. The van der Waals surface area contributed by atoms with Crippen LogP contribution in [0.1, 0.15) is 56.2 Å². The lowest BCUT2D eigenvalue weighted by Gasteiger charge is -2.27. The van der Waals surface area contributed by atoms with E-state index in [1.807, 2.05) is 23.8 Å². The third kappa shape index (κ3) is 3.68. The van der Waals surface area contributed by atoms with Gasteiger partial charge in [0.25, 0.3) is 0 Å². The lowest BCUT2D eigenvalue weighted by atomic mass is 9.87. The molecule has 1 fully saturated rings. The predicted molar refractivity (Wildman–Crippen MR) is 106 cm³/mol. The summed E-state index contributed by atoms with van der Waals surface area (Å²) in [7, 11) is 0. The summed E-state index contributed by atoms with van der Waals surface area (Å²) in [5.74, 6) is 0.907. The van der Waals surface area contributed by atoms with Crippen molar-refractivity contribution in [1.82, 2.24) is 15.3 Å². The molecule has 26 heavy (non-hydrogen) atoms. The van der Waals surface area contributed by atoms with Gasteiger partial charge in [0.1, 0.15) is 0 Å². The molecule has 0 aliphatic heterocycles. The zero-order chi connectivity index (χ0) is 17.9. The molecule has 0 bridgehead atoms. The molecule has 1 saturated carbocycles. The van der Waals surface area contributed by atoms with Crippen LogP contribution in [0, 0.1) is 5.92 Å². The molecule has 1 aliphatic rings. The van der Waals surface area contributed by atoms with Crippen molar-refractivity contribution in [2.24, 2.45) is 5.92 Å². The Morgan fingerprint density at radius 1 is 1.31 bits per heavy atom. The number of benzene rings is 1. The average molecular weight is 368 g/mol. The van der Waals surface area contributed by atoms with Gasteiger partial charge < -0.3 is 10.3 Å². The summed E-state index contributed by atoms with van der Waals surface area (Å²) in [6.07, 6.45) is 7.09. The SMILES string of the molecule is CC1CCC(NC(=O)CC(c2cscn2)c2c[nH]c3ccccc23)CC1. The molecular weight excluding hydrogens is 342 g/mol. The molecule has 2 N–H and O–H groups in total. The number of carbonyl (C=O) groups excluding carboxylic acids is 1. The fourth-order valence-electron chi connectivity index (χ4n) is 4.03. The van der Waals surface area contributed by atoms with Crippen LogP contribution < -0.4 is 5.32 Å². The second-order valence-electron chi connectivity index (χ2n) is 7.48. The highest BCUT2D eigenvalue weighted by atomic mass is 32.1. The van der Waals surface area contributed by atoms with Gasteiger partial charge in [-0.3, -0.25) is 4.79 Å². The summed E-state index contributed by atoms with van der Waals surface area (Å²) in [5, 5.41) is 6.50. The maximum absolute atomic E-state index is 12.8. The van der Waals surface area contributed by atoms with E-state index in [9.17, 15) is 4.79 Å². The highest BCUT2D eigenvalue weighted by Crippen LogP contribution is 2.33. The number of amides is 1. The summed E-state index contributed by atoms with van der Waals surface area (Å²) in [6.45, 7) is 2.30. The monoisotopic (exact) mass is 367 g/mol. The minimum Gasteiger partial charge on any atom is -0.361 e. The lowest BCUT2D eigenvalue weighted by Crippen LogP contribution is -2.38. The van der Waals surface area contributed by atoms with Gasteiger partial charge in [0.05, 0.1) is 11.2 Å². The Hall–Kier alpha value is -2.14. The van der Waals surface area contributed by atoms with Crippen molar-refractivity contribution in [2.45, 2.75) is 51.0 Å². The minimum atomic E-state index is -0.0140. The van der Waals surface area contributed by atoms with E-state index in [1.54, 1.807) is 11.3 Å². The van der Waals surface area contributed by atoms with Crippen LogP contribution in [0.3, 0.4) is 0 Å². The first-order valence-corrected chi connectivity index (χ1v) is 10.4. The lowest BCUT2D eigenvalue weighted by molar-refractivity contribution is -0.122. The van der Waals surface area contributed by atoms with Crippen molar-refractivity contribution in [3.05, 3.63) is 52.6 Å². The number of hydrogen-bond donors (Lipinski definition) is 2. The number of aromatic amines is 1. The fourth-order valence-corrected chi connectivity index (χ4v) is 4.63. The first-order chi connectivity index (χ1) is 12.7. The van der Waals surface area contributed by atoms with Crippen LogP contribution in [-0.4, -0.2) is 21.9 Å². The second-order valence-corrected chi connectivity index (χ2v) is 8.20. The molecule has 1 atom stereocenters. The molecule has 2 aromatic heterocycles. The van der Waals surface area contributed by atoms with E-state index < -0.39 is 0 Å². The number of rotatable bonds is 5. The molecule has 4 rings (SSSR count). The average Bonchev–Trinajstić information content (AvgIpc) is 3.32. The van der Waals surface area contributed by atoms with Gasteiger partial charge in [-0.05, 0) is 43.2 Å². The molecule has 4 nitrogen and oxygen atoms in total. The van der Waals surface area contributed by atoms with E-state index in [1.165, 1.54) is 18.2 Å². The summed E-state index contributed by atoms with van der Waals surface area (Å²) in [4.78, 5) is 20.6. The maximum atomic E-state index is 12.8. The first-order valence-electron chi connectivity index (χ1n) is 9.44. The number of nitrogens with zero attached hydrogens (tertiary/aromatic N) is 1. The summed E-state index contributed by atoms with van der Waals surface area (Å²) in [5.41, 5.74) is 5.08. The van der Waals surface area contributed by atoms with Crippen LogP contribution in [-0.2, 0) is 4.79 Å². The van der Waals surface area contributed by atoms with Crippen molar-refractivity contribution in [3.8, 4) is 0 Å².